The van der Waals surface area contributed by atoms with E-state index in [9.17, 15) is 10.1 Å². The number of nitro groups is 1. The van der Waals surface area contributed by atoms with E-state index in [0.29, 0.717) is 31.0 Å². The van der Waals surface area contributed by atoms with Crippen LogP contribution in [0, 0.1) is 29.4 Å². The summed E-state index contributed by atoms with van der Waals surface area (Å²) in [6.07, 6.45) is 5.86. The fourth-order valence-corrected chi connectivity index (χ4v) is 3.15. The van der Waals surface area contributed by atoms with E-state index in [1.54, 1.807) is 13.0 Å². The van der Waals surface area contributed by atoms with Crippen LogP contribution in [-0.2, 0) is 4.84 Å². The van der Waals surface area contributed by atoms with E-state index >= 15 is 0 Å². The summed E-state index contributed by atoms with van der Waals surface area (Å²) in [6.45, 7) is 2.80. The van der Waals surface area contributed by atoms with Crippen LogP contribution in [0.3, 0.4) is 0 Å². The number of aromatic nitrogens is 1. The first-order chi connectivity index (χ1) is 12.5. The second kappa shape index (κ2) is 5.85. The summed E-state index contributed by atoms with van der Waals surface area (Å²) in [5.41, 5.74) is 3.73. The van der Waals surface area contributed by atoms with Crippen molar-refractivity contribution < 1.29 is 9.76 Å². The van der Waals surface area contributed by atoms with Gasteiger partial charge in [-0.2, -0.15) is 0 Å². The molecule has 0 radical (unpaired) electrons. The Morgan fingerprint density at radius 1 is 1.31 bits per heavy atom. The van der Waals surface area contributed by atoms with Crippen molar-refractivity contribution in [2.45, 2.75) is 18.9 Å². The largest absolute Gasteiger partial charge is 0.384 e. The highest BCUT2D eigenvalue weighted by atomic mass is 16.7. The third kappa shape index (κ3) is 2.86. The fourth-order valence-electron chi connectivity index (χ4n) is 3.15. The molecule has 2 aliphatic carbocycles. The van der Waals surface area contributed by atoms with Gasteiger partial charge in [0.15, 0.2) is 5.60 Å². The molecule has 1 aromatic heterocycles. The molecule has 0 atom stereocenters. The van der Waals surface area contributed by atoms with Crippen LogP contribution in [0.15, 0.2) is 41.6 Å². The Labute approximate surface area is 150 Å². The standard InChI is InChI=1S/C13H12N4O3.C6H4/c1-3-10-6-13(20-15-10)7-16(8-13)12-11(17(18)19)5-4-9(2)14-12;1-2-5-4-6(5)3-1/h1,4-5H,6-8H2,2H3;1-4H. The summed E-state index contributed by atoms with van der Waals surface area (Å²) in [5, 5.41) is 14.9. The Kier molecular flexibility index (Phi) is 3.62. The van der Waals surface area contributed by atoms with Crippen LogP contribution in [0.25, 0.3) is 11.1 Å². The molecule has 26 heavy (non-hydrogen) atoms. The number of oxime groups is 1. The lowest BCUT2D eigenvalue weighted by molar-refractivity contribution is -0.384. The van der Waals surface area contributed by atoms with Gasteiger partial charge in [-0.1, -0.05) is 29.3 Å². The monoisotopic (exact) mass is 348 g/mol. The quantitative estimate of drug-likeness (QED) is 0.404. The summed E-state index contributed by atoms with van der Waals surface area (Å²) in [7, 11) is 0. The zero-order chi connectivity index (χ0) is 18.3. The first-order valence-corrected chi connectivity index (χ1v) is 8.19. The number of terminal acetylenes is 1. The fraction of sp³-hybridized carbons (Fsp3) is 0.263. The summed E-state index contributed by atoms with van der Waals surface area (Å²) < 4.78 is 0. The van der Waals surface area contributed by atoms with Gasteiger partial charge in [0.2, 0.25) is 5.82 Å². The van der Waals surface area contributed by atoms with Crippen LogP contribution in [0.4, 0.5) is 11.5 Å². The zero-order valence-electron chi connectivity index (χ0n) is 14.2. The van der Waals surface area contributed by atoms with Crippen LogP contribution in [-0.4, -0.2) is 34.3 Å². The maximum Gasteiger partial charge on any atom is 0.311 e. The lowest BCUT2D eigenvalue weighted by Gasteiger charge is -2.45. The molecular formula is C19H16N4O3. The van der Waals surface area contributed by atoms with E-state index in [0.717, 1.165) is 5.69 Å². The highest BCUT2D eigenvalue weighted by molar-refractivity contribution is 6.01. The predicted octanol–water partition coefficient (Wildman–Crippen LogP) is 2.93. The number of pyridine rings is 1. The van der Waals surface area contributed by atoms with Crippen molar-refractivity contribution >= 4 is 17.2 Å². The van der Waals surface area contributed by atoms with Gasteiger partial charge in [-0.05, 0) is 30.2 Å². The molecule has 1 fully saturated rings. The minimum absolute atomic E-state index is 0.00142. The predicted molar refractivity (Wildman–Crippen MR) is 98.0 cm³/mol. The van der Waals surface area contributed by atoms with Crippen molar-refractivity contribution in [2.75, 3.05) is 18.0 Å². The number of anilines is 1. The average Bonchev–Trinajstić information content (AvgIpc) is 3.01. The molecule has 4 aliphatic rings. The van der Waals surface area contributed by atoms with Gasteiger partial charge in [0.05, 0.1) is 18.0 Å². The number of hydrogen-bond donors (Lipinski definition) is 0. The molecule has 1 saturated heterocycles. The van der Waals surface area contributed by atoms with Crippen molar-refractivity contribution in [3.05, 3.63) is 52.2 Å². The maximum absolute atomic E-state index is 11.0. The van der Waals surface area contributed by atoms with Gasteiger partial charge in [-0.25, -0.2) is 4.98 Å². The van der Waals surface area contributed by atoms with Gasteiger partial charge in [-0.3, -0.25) is 10.1 Å². The van der Waals surface area contributed by atoms with Crippen LogP contribution < -0.4 is 4.90 Å². The van der Waals surface area contributed by atoms with Crippen molar-refractivity contribution in [2.24, 2.45) is 5.16 Å². The van der Waals surface area contributed by atoms with Crippen LogP contribution >= 0.6 is 0 Å². The molecule has 3 heterocycles. The Hall–Kier alpha value is -3.40. The second-order valence-corrected chi connectivity index (χ2v) is 6.62. The smallest absolute Gasteiger partial charge is 0.311 e. The third-order valence-corrected chi connectivity index (χ3v) is 4.57. The van der Waals surface area contributed by atoms with Crippen molar-refractivity contribution in [1.29, 1.82) is 0 Å². The van der Waals surface area contributed by atoms with Crippen LogP contribution in [0.5, 0.6) is 0 Å². The molecule has 7 heteroatoms. The second-order valence-electron chi connectivity index (χ2n) is 6.62. The number of aryl methyl sites for hydroxylation is 1. The van der Waals surface area contributed by atoms with Gasteiger partial charge < -0.3 is 9.74 Å². The minimum Gasteiger partial charge on any atom is -0.384 e. The number of hydrogen-bond acceptors (Lipinski definition) is 6. The normalized spacial score (nSPS) is 17.2. The molecular weight excluding hydrogens is 332 g/mol. The van der Waals surface area contributed by atoms with E-state index in [2.05, 4.69) is 40.3 Å². The number of rotatable bonds is 2. The van der Waals surface area contributed by atoms with Crippen molar-refractivity contribution in [3.8, 4) is 23.5 Å². The molecule has 0 unspecified atom stereocenters. The molecule has 130 valence electrons. The van der Waals surface area contributed by atoms with E-state index in [-0.39, 0.29) is 5.69 Å². The number of benzene rings is 1. The Balaban J connectivity index is 0.000000233. The lowest BCUT2D eigenvalue weighted by atomic mass is 9.89. The van der Waals surface area contributed by atoms with E-state index in [4.69, 9.17) is 11.3 Å². The van der Waals surface area contributed by atoms with Crippen molar-refractivity contribution in [1.82, 2.24) is 4.98 Å². The summed E-state index contributed by atoms with van der Waals surface area (Å²) in [5.74, 6) is 2.84. The molecule has 0 bridgehead atoms. The number of nitrogens with zero attached hydrogens (tertiary/aromatic N) is 4. The molecule has 0 saturated carbocycles. The lowest BCUT2D eigenvalue weighted by Crippen LogP contribution is -2.62. The molecule has 7 nitrogen and oxygen atoms in total. The topological polar surface area (TPSA) is 80.9 Å². The van der Waals surface area contributed by atoms with Gasteiger partial charge in [0.1, 0.15) is 5.71 Å². The van der Waals surface area contributed by atoms with Gasteiger partial charge >= 0.3 is 5.69 Å². The Morgan fingerprint density at radius 2 is 2.04 bits per heavy atom. The molecule has 0 N–H and O–H groups in total. The van der Waals surface area contributed by atoms with Crippen LogP contribution in [0.2, 0.25) is 0 Å². The first-order valence-electron chi connectivity index (χ1n) is 8.19. The molecule has 2 aliphatic heterocycles. The van der Waals surface area contributed by atoms with E-state index in [1.807, 2.05) is 4.90 Å². The first kappa shape index (κ1) is 16.1. The summed E-state index contributed by atoms with van der Waals surface area (Å²) in [6, 6.07) is 11.6. The van der Waals surface area contributed by atoms with E-state index in [1.165, 1.54) is 17.2 Å². The highest BCUT2D eigenvalue weighted by Gasteiger charge is 2.51. The SMILES string of the molecule is C#CC1=NOC2(C1)CN(c1nc(C)ccc1[N+](=O)[O-])C2.c1cc2cc-2c1. The summed E-state index contributed by atoms with van der Waals surface area (Å²) in [4.78, 5) is 22.1. The minimum atomic E-state index is -0.443. The number of fused-ring (bicyclic) bond motifs is 1. The molecule has 0 aromatic carbocycles. The van der Waals surface area contributed by atoms with E-state index < -0.39 is 10.5 Å². The van der Waals surface area contributed by atoms with Crippen LogP contribution in [0.1, 0.15) is 12.1 Å². The Bertz CT molecular complexity index is 954. The molecule has 1 aromatic rings. The highest BCUT2D eigenvalue weighted by Crippen LogP contribution is 2.39. The summed E-state index contributed by atoms with van der Waals surface area (Å²) >= 11 is 0. The third-order valence-electron chi connectivity index (χ3n) is 4.57. The van der Waals surface area contributed by atoms with Gasteiger partial charge in [-0.15, -0.1) is 6.42 Å². The maximum atomic E-state index is 11.0. The average molecular weight is 348 g/mol. The van der Waals surface area contributed by atoms with Gasteiger partial charge in [0, 0.05) is 18.2 Å². The molecule has 1 spiro atoms. The molecule has 0 amide bonds. The molecule has 5 rings (SSSR count). The van der Waals surface area contributed by atoms with Gasteiger partial charge in [0.25, 0.3) is 0 Å². The Morgan fingerprint density at radius 3 is 2.54 bits per heavy atom. The zero-order valence-corrected chi connectivity index (χ0v) is 14.2. The van der Waals surface area contributed by atoms with Crippen molar-refractivity contribution in [3.63, 3.8) is 0 Å².